The lowest BCUT2D eigenvalue weighted by atomic mass is 9.42. The molecule has 0 bridgehead atoms. The van der Waals surface area contributed by atoms with Crippen LogP contribution in [0, 0.1) is 46.3 Å². The predicted molar refractivity (Wildman–Crippen MR) is 167 cm³/mol. The zero-order valence-corrected chi connectivity index (χ0v) is 26.9. The number of halogens is 2. The van der Waals surface area contributed by atoms with Gasteiger partial charge in [-0.15, -0.1) is 23.2 Å². The Labute approximate surface area is 247 Å². The Kier molecular flexibility index (Phi) is 10.5. The van der Waals surface area contributed by atoms with E-state index in [1.807, 2.05) is 0 Å². The third-order valence-electron chi connectivity index (χ3n) is 13.5. The highest BCUT2D eigenvalue weighted by molar-refractivity contribution is 6.50. The van der Waals surface area contributed by atoms with Gasteiger partial charge in [0.1, 0.15) is 4.33 Å². The third-order valence-corrected chi connectivity index (χ3v) is 15.1. The van der Waals surface area contributed by atoms with Gasteiger partial charge in [-0.25, -0.2) is 0 Å². The number of hydrogen-bond acceptors (Lipinski definition) is 0. The van der Waals surface area contributed by atoms with Gasteiger partial charge >= 0.3 is 0 Å². The van der Waals surface area contributed by atoms with Crippen LogP contribution in [0.5, 0.6) is 0 Å². The van der Waals surface area contributed by atoms with Crippen LogP contribution < -0.4 is 0 Å². The molecule has 5 rings (SSSR count). The van der Waals surface area contributed by atoms with Crippen LogP contribution in [0.15, 0.2) is 0 Å². The van der Waals surface area contributed by atoms with Crippen LogP contribution in [0.3, 0.4) is 0 Å². The van der Waals surface area contributed by atoms with E-state index in [4.69, 9.17) is 23.2 Å². The van der Waals surface area contributed by atoms with Crippen LogP contribution >= 0.6 is 23.2 Å². The Bertz CT molecular complexity index is 637. The summed E-state index contributed by atoms with van der Waals surface area (Å²) in [6, 6.07) is 0. The fourth-order valence-corrected chi connectivity index (χ4v) is 11.9. The van der Waals surface area contributed by atoms with E-state index >= 15 is 0 Å². The molecule has 0 amide bonds. The molecular formula is C36H62Cl2. The molecule has 220 valence electrons. The van der Waals surface area contributed by atoms with Gasteiger partial charge in [-0.05, 0) is 119 Å². The van der Waals surface area contributed by atoms with E-state index in [1.54, 1.807) is 0 Å². The minimum absolute atomic E-state index is 0.243. The molecule has 0 aromatic rings. The van der Waals surface area contributed by atoms with Gasteiger partial charge in [-0.3, -0.25) is 0 Å². The van der Waals surface area contributed by atoms with Gasteiger partial charge < -0.3 is 0 Å². The summed E-state index contributed by atoms with van der Waals surface area (Å²) in [4.78, 5) is 0. The minimum atomic E-state index is -0.455. The average Bonchev–Trinajstić information content (AvgIpc) is 2.95. The smallest absolute Gasteiger partial charge is 0.100 e. The Morgan fingerprint density at radius 1 is 0.474 bits per heavy atom. The highest BCUT2D eigenvalue weighted by Gasteiger charge is 2.72. The standard InChI is InChI=1S/C36H62Cl2/c1-3-5-7-9-28-11-15-30(16-12-28)32-19-23-34(24-20-32)27-35(36(34,37)38)25-21-33(22-26-35)31-17-13-29(14-18-31)10-8-6-4-2/h28-33H,3-27H2,1-2H3/t28-,29-,30-,31-,32?,33?,34?,35?. The van der Waals surface area contributed by atoms with Gasteiger partial charge in [0.15, 0.2) is 0 Å². The summed E-state index contributed by atoms with van der Waals surface area (Å²) >= 11 is 14.9. The van der Waals surface area contributed by atoms with Crippen molar-refractivity contribution in [1.82, 2.24) is 0 Å². The van der Waals surface area contributed by atoms with Gasteiger partial charge in [-0.1, -0.05) is 90.9 Å². The van der Waals surface area contributed by atoms with E-state index in [1.165, 1.54) is 161 Å². The zero-order chi connectivity index (χ0) is 26.6. The molecule has 0 saturated heterocycles. The van der Waals surface area contributed by atoms with E-state index in [2.05, 4.69) is 13.8 Å². The van der Waals surface area contributed by atoms with Crippen LogP contribution in [0.1, 0.15) is 174 Å². The van der Waals surface area contributed by atoms with E-state index < -0.39 is 4.33 Å². The second-order valence-corrected chi connectivity index (χ2v) is 16.9. The first-order valence-electron chi connectivity index (χ1n) is 17.8. The molecule has 5 fully saturated rings. The van der Waals surface area contributed by atoms with Gasteiger partial charge in [0.2, 0.25) is 0 Å². The van der Waals surface area contributed by atoms with Crippen LogP contribution in [-0.4, -0.2) is 4.33 Å². The lowest BCUT2D eigenvalue weighted by Crippen LogP contribution is -2.66. The summed E-state index contributed by atoms with van der Waals surface area (Å²) in [6.07, 6.45) is 35.8. The first kappa shape index (κ1) is 30.1. The number of hydrogen-bond donors (Lipinski definition) is 0. The maximum Gasteiger partial charge on any atom is 0.129 e. The molecule has 0 unspecified atom stereocenters. The van der Waals surface area contributed by atoms with Crippen molar-refractivity contribution in [3.63, 3.8) is 0 Å². The second-order valence-electron chi connectivity index (χ2n) is 15.5. The minimum Gasteiger partial charge on any atom is -0.100 e. The molecule has 0 nitrogen and oxygen atoms in total. The molecule has 5 aliphatic carbocycles. The monoisotopic (exact) mass is 564 g/mol. The highest BCUT2D eigenvalue weighted by Crippen LogP contribution is 2.77. The molecule has 2 heteroatoms. The van der Waals surface area contributed by atoms with Crippen LogP contribution in [0.25, 0.3) is 0 Å². The summed E-state index contributed by atoms with van der Waals surface area (Å²) in [5.74, 6) is 6.00. The quantitative estimate of drug-likeness (QED) is 0.183. The topological polar surface area (TPSA) is 0 Å². The van der Waals surface area contributed by atoms with Crippen LogP contribution in [-0.2, 0) is 0 Å². The lowest BCUT2D eigenvalue weighted by molar-refractivity contribution is -0.122. The summed E-state index contributed by atoms with van der Waals surface area (Å²) in [6.45, 7) is 4.67. The van der Waals surface area contributed by atoms with E-state index in [-0.39, 0.29) is 10.8 Å². The molecule has 5 saturated carbocycles. The maximum absolute atomic E-state index is 7.47. The van der Waals surface area contributed by atoms with E-state index in [0.29, 0.717) is 0 Å². The number of rotatable bonds is 10. The third kappa shape index (κ3) is 6.18. The molecule has 0 aliphatic heterocycles. The van der Waals surface area contributed by atoms with Crippen molar-refractivity contribution in [3.05, 3.63) is 0 Å². The Hall–Kier alpha value is 0.580. The first-order valence-corrected chi connectivity index (χ1v) is 18.6. The normalized spacial score (nSPS) is 43.3. The predicted octanol–water partition coefficient (Wildman–Crippen LogP) is 12.7. The van der Waals surface area contributed by atoms with Crippen molar-refractivity contribution < 1.29 is 0 Å². The van der Waals surface area contributed by atoms with Gasteiger partial charge in [-0.2, -0.15) is 0 Å². The first-order chi connectivity index (χ1) is 18.4. The number of unbranched alkanes of at least 4 members (excludes halogenated alkanes) is 4. The molecule has 38 heavy (non-hydrogen) atoms. The summed E-state index contributed by atoms with van der Waals surface area (Å²) in [5, 5.41) is 0. The maximum atomic E-state index is 7.47. The van der Waals surface area contributed by atoms with Gasteiger partial charge in [0.05, 0.1) is 0 Å². The van der Waals surface area contributed by atoms with E-state index in [9.17, 15) is 0 Å². The van der Waals surface area contributed by atoms with Crippen molar-refractivity contribution >= 4 is 23.2 Å². The van der Waals surface area contributed by atoms with Crippen LogP contribution in [0.2, 0.25) is 0 Å². The molecular weight excluding hydrogens is 503 g/mol. The molecule has 5 aliphatic rings. The lowest BCUT2D eigenvalue weighted by Gasteiger charge is -2.69. The molecule has 0 radical (unpaired) electrons. The van der Waals surface area contributed by atoms with Gasteiger partial charge in [0, 0.05) is 10.8 Å². The molecule has 0 aromatic carbocycles. The fraction of sp³-hybridized carbons (Fsp3) is 1.00. The summed E-state index contributed by atoms with van der Waals surface area (Å²) in [5.41, 5.74) is 0.487. The molecule has 0 aromatic heterocycles. The molecule has 0 N–H and O–H groups in total. The summed E-state index contributed by atoms with van der Waals surface area (Å²) < 4.78 is -0.455. The Morgan fingerprint density at radius 2 is 0.816 bits per heavy atom. The SMILES string of the molecule is CCCCC[C@H]1CC[C@H](C2CCC3(CC2)CC2(CCC([C@H]4CC[C@H](CCCCC)CC4)CC2)C3(Cl)Cl)CC1. The second kappa shape index (κ2) is 13.3. The zero-order valence-electron chi connectivity index (χ0n) is 25.4. The largest absolute Gasteiger partial charge is 0.129 e. The number of alkyl halides is 2. The molecule has 0 heterocycles. The van der Waals surface area contributed by atoms with Gasteiger partial charge in [0.25, 0.3) is 0 Å². The van der Waals surface area contributed by atoms with Crippen LogP contribution in [0.4, 0.5) is 0 Å². The van der Waals surface area contributed by atoms with Crippen molar-refractivity contribution in [2.45, 2.75) is 179 Å². The average molecular weight is 566 g/mol. The Balaban J connectivity index is 1.04. The summed E-state index contributed by atoms with van der Waals surface area (Å²) in [7, 11) is 0. The highest BCUT2D eigenvalue weighted by atomic mass is 35.5. The van der Waals surface area contributed by atoms with E-state index in [0.717, 1.165) is 35.5 Å². The van der Waals surface area contributed by atoms with Crippen molar-refractivity contribution in [3.8, 4) is 0 Å². The molecule has 2 spiro atoms. The van der Waals surface area contributed by atoms with Crippen molar-refractivity contribution in [2.24, 2.45) is 46.3 Å². The Morgan fingerprint density at radius 3 is 1.13 bits per heavy atom. The van der Waals surface area contributed by atoms with Crippen molar-refractivity contribution in [1.29, 1.82) is 0 Å². The fourth-order valence-electron chi connectivity index (χ4n) is 10.9. The molecule has 0 atom stereocenters. The van der Waals surface area contributed by atoms with Crippen molar-refractivity contribution in [2.75, 3.05) is 0 Å².